The van der Waals surface area contributed by atoms with E-state index in [0.29, 0.717) is 5.56 Å². The van der Waals surface area contributed by atoms with Gasteiger partial charge in [-0.05, 0) is 42.8 Å². The monoisotopic (exact) mass is 395 g/mol. The van der Waals surface area contributed by atoms with Crippen molar-refractivity contribution < 1.29 is 31.2 Å². The Hall–Kier alpha value is -2.22. The molecule has 0 aliphatic heterocycles. The van der Waals surface area contributed by atoms with Crippen LogP contribution in [0.4, 0.5) is 26.3 Å². The fourth-order valence-electron chi connectivity index (χ4n) is 2.11. The van der Waals surface area contributed by atoms with Crippen LogP contribution in [0.2, 0.25) is 5.02 Å². The van der Waals surface area contributed by atoms with Gasteiger partial charge in [0, 0.05) is 10.6 Å². The van der Waals surface area contributed by atoms with Crippen LogP contribution in [0.25, 0.3) is 0 Å². The highest BCUT2D eigenvalue weighted by Gasteiger charge is 2.34. The van der Waals surface area contributed by atoms with E-state index in [1.165, 1.54) is 19.1 Å². The average molecular weight is 396 g/mol. The molecule has 2 aromatic carbocycles. The Balaban J connectivity index is 2.13. The van der Waals surface area contributed by atoms with Crippen molar-refractivity contribution in [2.45, 2.75) is 25.9 Å². The summed E-state index contributed by atoms with van der Waals surface area (Å²) in [6, 6.07) is 7.24. The first-order valence-corrected chi connectivity index (χ1v) is 7.56. The maximum absolute atomic E-state index is 13.0. The molecule has 0 saturated carbocycles. The molecule has 140 valence electrons. The summed E-state index contributed by atoms with van der Waals surface area (Å²) in [6.07, 6.45) is -9.04. The van der Waals surface area contributed by atoms with E-state index in [1.807, 2.05) is 0 Å². The first-order chi connectivity index (χ1) is 12.0. The third-order valence-electron chi connectivity index (χ3n) is 3.39. The highest BCUT2D eigenvalue weighted by molar-refractivity contribution is 6.31. The molecule has 0 saturated heterocycles. The Morgan fingerprint density at radius 1 is 0.962 bits per heavy atom. The third-order valence-corrected chi connectivity index (χ3v) is 3.63. The van der Waals surface area contributed by atoms with Crippen LogP contribution in [0.1, 0.15) is 29.2 Å². The van der Waals surface area contributed by atoms with Crippen molar-refractivity contribution in [3.8, 4) is 0 Å². The van der Waals surface area contributed by atoms with Crippen LogP contribution >= 0.6 is 11.6 Å². The normalized spacial score (nSPS) is 13.0. The minimum absolute atomic E-state index is 0.0632. The lowest BCUT2D eigenvalue weighted by Gasteiger charge is -2.13. The van der Waals surface area contributed by atoms with Crippen LogP contribution in [-0.4, -0.2) is 5.71 Å². The molecule has 9 heteroatoms. The Bertz CT molecular complexity index is 796. The van der Waals surface area contributed by atoms with Gasteiger partial charge in [0.25, 0.3) is 0 Å². The predicted octanol–water partition coefficient (Wildman–Crippen LogP) is 6.32. The van der Waals surface area contributed by atoms with Crippen LogP contribution in [0.15, 0.2) is 47.6 Å². The van der Waals surface area contributed by atoms with E-state index >= 15 is 0 Å². The summed E-state index contributed by atoms with van der Waals surface area (Å²) in [6.45, 7) is 1.12. The molecule has 0 radical (unpaired) electrons. The van der Waals surface area contributed by atoms with Gasteiger partial charge >= 0.3 is 12.4 Å². The van der Waals surface area contributed by atoms with Crippen molar-refractivity contribution in [1.82, 2.24) is 0 Å². The maximum Gasteiger partial charge on any atom is 0.417 e. The molecular formula is C17H12ClF6NO. The molecule has 2 aromatic rings. The minimum Gasteiger partial charge on any atom is -0.391 e. The molecule has 2 nitrogen and oxygen atoms in total. The molecular weight excluding hydrogens is 384 g/mol. The molecule has 0 fully saturated rings. The molecule has 0 atom stereocenters. The minimum atomic E-state index is -4.59. The van der Waals surface area contributed by atoms with E-state index in [4.69, 9.17) is 16.4 Å². The molecule has 0 aliphatic carbocycles. The lowest BCUT2D eigenvalue weighted by atomic mass is 10.0. The molecule has 2 rings (SSSR count). The van der Waals surface area contributed by atoms with Crippen molar-refractivity contribution in [3.63, 3.8) is 0 Å². The summed E-state index contributed by atoms with van der Waals surface area (Å²) in [7, 11) is 0. The largest absolute Gasteiger partial charge is 0.417 e. The average Bonchev–Trinajstić information content (AvgIpc) is 2.53. The van der Waals surface area contributed by atoms with Crippen LogP contribution in [0.3, 0.4) is 0 Å². The summed E-state index contributed by atoms with van der Waals surface area (Å²) < 4.78 is 76.5. The van der Waals surface area contributed by atoms with Gasteiger partial charge in [0.05, 0.1) is 16.8 Å². The van der Waals surface area contributed by atoms with Crippen LogP contribution in [0, 0.1) is 0 Å². The van der Waals surface area contributed by atoms with E-state index in [1.54, 1.807) is 0 Å². The van der Waals surface area contributed by atoms with Crippen molar-refractivity contribution >= 4 is 17.3 Å². The number of hydrogen-bond donors (Lipinski definition) is 0. The second-order valence-electron chi connectivity index (χ2n) is 5.33. The van der Waals surface area contributed by atoms with E-state index in [-0.39, 0.29) is 22.9 Å². The van der Waals surface area contributed by atoms with E-state index < -0.39 is 23.5 Å². The van der Waals surface area contributed by atoms with E-state index in [0.717, 1.165) is 30.3 Å². The van der Waals surface area contributed by atoms with Gasteiger partial charge in [-0.1, -0.05) is 28.9 Å². The molecule has 0 spiro atoms. The van der Waals surface area contributed by atoms with Crippen molar-refractivity contribution in [1.29, 1.82) is 0 Å². The highest BCUT2D eigenvalue weighted by Crippen LogP contribution is 2.34. The molecule has 0 aliphatic rings. The fourth-order valence-corrected chi connectivity index (χ4v) is 2.28. The second kappa shape index (κ2) is 7.57. The van der Waals surface area contributed by atoms with Gasteiger partial charge in [0.1, 0.15) is 6.61 Å². The van der Waals surface area contributed by atoms with Crippen LogP contribution < -0.4 is 0 Å². The Morgan fingerprint density at radius 2 is 1.58 bits per heavy atom. The fraction of sp³-hybridized carbons (Fsp3) is 0.235. The summed E-state index contributed by atoms with van der Waals surface area (Å²) >= 11 is 5.74. The molecule has 0 amide bonds. The zero-order chi connectivity index (χ0) is 19.5. The first-order valence-electron chi connectivity index (χ1n) is 7.18. The Morgan fingerprint density at radius 3 is 2.12 bits per heavy atom. The topological polar surface area (TPSA) is 21.6 Å². The second-order valence-corrected chi connectivity index (χ2v) is 5.77. The molecule has 0 N–H and O–H groups in total. The van der Waals surface area contributed by atoms with Gasteiger partial charge in [-0.25, -0.2) is 0 Å². The number of benzene rings is 2. The molecule has 0 unspecified atom stereocenters. The van der Waals surface area contributed by atoms with Gasteiger partial charge < -0.3 is 4.84 Å². The van der Waals surface area contributed by atoms with E-state index in [9.17, 15) is 26.3 Å². The zero-order valence-electron chi connectivity index (χ0n) is 13.2. The van der Waals surface area contributed by atoms with E-state index in [2.05, 4.69) is 5.16 Å². The number of oxime groups is 1. The maximum atomic E-state index is 13.0. The standard InChI is InChI=1S/C17H12ClF6NO/c1-10(14-8-13(18)6-7-15(14)17(22,23)24)25-26-9-11-2-4-12(5-3-11)16(19,20)21/h2-8H,9H2,1H3. The van der Waals surface area contributed by atoms with Crippen molar-refractivity contribution in [2.24, 2.45) is 5.16 Å². The molecule has 26 heavy (non-hydrogen) atoms. The van der Waals surface area contributed by atoms with Crippen LogP contribution in [0.5, 0.6) is 0 Å². The molecule has 0 bridgehead atoms. The van der Waals surface area contributed by atoms with Gasteiger partial charge in [0.2, 0.25) is 0 Å². The number of alkyl halides is 6. The Labute approximate surface area is 150 Å². The van der Waals surface area contributed by atoms with Gasteiger partial charge in [-0.2, -0.15) is 26.3 Å². The number of hydrogen-bond acceptors (Lipinski definition) is 2. The van der Waals surface area contributed by atoms with Gasteiger partial charge in [-0.15, -0.1) is 0 Å². The highest BCUT2D eigenvalue weighted by atomic mass is 35.5. The number of nitrogens with zero attached hydrogens (tertiary/aromatic N) is 1. The van der Waals surface area contributed by atoms with Gasteiger partial charge in [0.15, 0.2) is 0 Å². The SMILES string of the molecule is CC(=NOCc1ccc(C(F)(F)F)cc1)c1cc(Cl)ccc1C(F)(F)F. The zero-order valence-corrected chi connectivity index (χ0v) is 14.0. The summed E-state index contributed by atoms with van der Waals surface area (Å²) in [5.74, 6) is 0. The summed E-state index contributed by atoms with van der Waals surface area (Å²) in [5.41, 5.74) is -1.64. The first kappa shape index (κ1) is 20.1. The smallest absolute Gasteiger partial charge is 0.391 e. The lowest BCUT2D eigenvalue weighted by Crippen LogP contribution is -2.12. The predicted molar refractivity (Wildman–Crippen MR) is 84.9 cm³/mol. The molecule has 0 aromatic heterocycles. The number of halogens is 7. The Kier molecular flexibility index (Phi) is 5.85. The number of rotatable bonds is 4. The summed E-state index contributed by atoms with van der Waals surface area (Å²) in [5, 5.41) is 3.71. The summed E-state index contributed by atoms with van der Waals surface area (Å²) in [4.78, 5) is 4.97. The van der Waals surface area contributed by atoms with Crippen molar-refractivity contribution in [2.75, 3.05) is 0 Å². The van der Waals surface area contributed by atoms with Crippen molar-refractivity contribution in [3.05, 3.63) is 69.7 Å². The van der Waals surface area contributed by atoms with Gasteiger partial charge in [-0.3, -0.25) is 0 Å². The molecule has 0 heterocycles. The quantitative estimate of drug-likeness (QED) is 0.337. The lowest BCUT2D eigenvalue weighted by molar-refractivity contribution is -0.138. The third kappa shape index (κ3) is 5.14. The van der Waals surface area contributed by atoms with Crippen LogP contribution in [-0.2, 0) is 23.8 Å².